The quantitative estimate of drug-likeness (QED) is 0.861. The van der Waals surface area contributed by atoms with Crippen LogP contribution in [0.15, 0.2) is 24.3 Å². The molecule has 0 aromatic heterocycles. The molecule has 0 saturated carbocycles. The Morgan fingerprint density at radius 1 is 1.30 bits per heavy atom. The number of anilines is 1. The van der Waals surface area contributed by atoms with E-state index in [1.165, 1.54) is 12.1 Å². The summed E-state index contributed by atoms with van der Waals surface area (Å²) in [6, 6.07) is 4.78. The highest BCUT2D eigenvalue weighted by molar-refractivity contribution is 5.92. The fourth-order valence-electron chi connectivity index (χ4n) is 2.32. The molecule has 0 spiro atoms. The molecule has 1 aromatic rings. The number of amides is 1. The number of carboxylic acids is 1. The third-order valence-corrected chi connectivity index (χ3v) is 3.36. The molecule has 23 heavy (non-hydrogen) atoms. The summed E-state index contributed by atoms with van der Waals surface area (Å²) in [6.07, 6.45) is -4.27. The number of carbonyl (C=O) groups is 2. The van der Waals surface area contributed by atoms with E-state index < -0.39 is 18.2 Å². The molecule has 2 rings (SSSR count). The molecule has 1 atom stereocenters. The zero-order valence-electron chi connectivity index (χ0n) is 12.0. The van der Waals surface area contributed by atoms with Gasteiger partial charge in [-0.15, -0.1) is 13.2 Å². The van der Waals surface area contributed by atoms with Crippen LogP contribution in [0.25, 0.3) is 0 Å². The van der Waals surface area contributed by atoms with Crippen LogP contribution in [-0.2, 0) is 9.59 Å². The van der Waals surface area contributed by atoms with Gasteiger partial charge in [0.15, 0.2) is 0 Å². The van der Waals surface area contributed by atoms with Gasteiger partial charge in [0.2, 0.25) is 5.91 Å². The number of likely N-dealkylation sites (tertiary alicyclic amines) is 1. The van der Waals surface area contributed by atoms with Crippen LogP contribution >= 0.6 is 0 Å². The van der Waals surface area contributed by atoms with E-state index in [0.29, 0.717) is 25.2 Å². The van der Waals surface area contributed by atoms with E-state index in [1.807, 2.05) is 0 Å². The monoisotopic (exact) mass is 332 g/mol. The maximum absolute atomic E-state index is 12.0. The van der Waals surface area contributed by atoms with Gasteiger partial charge in [-0.25, -0.2) is 0 Å². The Kier molecular flexibility index (Phi) is 5.09. The lowest BCUT2D eigenvalue weighted by molar-refractivity contribution is -0.274. The predicted molar refractivity (Wildman–Crippen MR) is 73.9 cm³/mol. The number of ether oxygens (including phenoxy) is 1. The number of halogens is 3. The number of alkyl halides is 3. The smallest absolute Gasteiger partial charge is 0.481 e. The summed E-state index contributed by atoms with van der Waals surface area (Å²) in [5.74, 6) is -2.09. The van der Waals surface area contributed by atoms with Crippen molar-refractivity contribution in [2.24, 2.45) is 5.92 Å². The Hall–Kier alpha value is -2.29. The minimum atomic E-state index is -4.76. The summed E-state index contributed by atoms with van der Waals surface area (Å²) in [7, 11) is 0. The van der Waals surface area contributed by atoms with E-state index in [-0.39, 0.29) is 18.2 Å². The fraction of sp³-hybridized carbons (Fsp3) is 0.429. The number of carbonyl (C=O) groups excluding carboxylic acids is 1. The molecule has 126 valence electrons. The lowest BCUT2D eigenvalue weighted by Crippen LogP contribution is -2.32. The average Bonchev–Trinajstić information content (AvgIpc) is 2.88. The number of hydrogen-bond donors (Lipinski definition) is 2. The lowest BCUT2D eigenvalue weighted by atomic mass is 10.1. The summed E-state index contributed by atoms with van der Waals surface area (Å²) in [5, 5.41) is 11.4. The van der Waals surface area contributed by atoms with Gasteiger partial charge in [0, 0.05) is 12.2 Å². The SMILES string of the molecule is O=C(CN1CCC(C(=O)O)C1)Nc1ccc(OC(F)(F)F)cc1. The number of benzene rings is 1. The first-order chi connectivity index (χ1) is 10.7. The molecule has 0 bridgehead atoms. The molecule has 1 aliphatic rings. The zero-order chi connectivity index (χ0) is 17.0. The Morgan fingerprint density at radius 3 is 2.48 bits per heavy atom. The first-order valence-electron chi connectivity index (χ1n) is 6.84. The van der Waals surface area contributed by atoms with E-state index in [1.54, 1.807) is 4.90 Å². The van der Waals surface area contributed by atoms with Gasteiger partial charge < -0.3 is 15.2 Å². The largest absolute Gasteiger partial charge is 0.573 e. The Bertz CT molecular complexity index is 574. The maximum atomic E-state index is 12.0. The number of rotatable bonds is 5. The topological polar surface area (TPSA) is 78.9 Å². The van der Waals surface area contributed by atoms with Gasteiger partial charge in [-0.05, 0) is 37.2 Å². The summed E-state index contributed by atoms with van der Waals surface area (Å²) in [4.78, 5) is 24.4. The van der Waals surface area contributed by atoms with Gasteiger partial charge in [-0.3, -0.25) is 14.5 Å². The molecule has 2 N–H and O–H groups in total. The molecular weight excluding hydrogens is 317 g/mol. The van der Waals surface area contributed by atoms with Crippen LogP contribution in [0.5, 0.6) is 5.75 Å². The van der Waals surface area contributed by atoms with E-state index in [2.05, 4.69) is 10.1 Å². The number of aliphatic carboxylic acids is 1. The zero-order valence-corrected chi connectivity index (χ0v) is 12.0. The number of nitrogens with one attached hydrogen (secondary N) is 1. The molecule has 0 radical (unpaired) electrons. The first kappa shape index (κ1) is 17.1. The lowest BCUT2D eigenvalue weighted by Gasteiger charge is -2.15. The van der Waals surface area contributed by atoms with Crippen molar-refractivity contribution in [1.82, 2.24) is 4.90 Å². The number of carboxylic acid groups (broad SMARTS) is 1. The molecule has 1 aromatic carbocycles. The predicted octanol–water partition coefficient (Wildman–Crippen LogP) is 1.93. The van der Waals surface area contributed by atoms with Crippen molar-refractivity contribution in [2.75, 3.05) is 25.0 Å². The molecule has 1 amide bonds. The van der Waals surface area contributed by atoms with Gasteiger partial charge in [-0.1, -0.05) is 0 Å². The maximum Gasteiger partial charge on any atom is 0.573 e. The molecular formula is C14H15F3N2O4. The first-order valence-corrected chi connectivity index (χ1v) is 6.84. The summed E-state index contributed by atoms with van der Waals surface area (Å²) in [5.41, 5.74) is 0.332. The van der Waals surface area contributed by atoms with Crippen LogP contribution in [-0.4, -0.2) is 47.9 Å². The van der Waals surface area contributed by atoms with Crippen LogP contribution < -0.4 is 10.1 Å². The third-order valence-electron chi connectivity index (χ3n) is 3.36. The summed E-state index contributed by atoms with van der Waals surface area (Å²) < 4.78 is 39.8. The molecule has 9 heteroatoms. The molecule has 1 fully saturated rings. The van der Waals surface area contributed by atoms with E-state index in [4.69, 9.17) is 5.11 Å². The van der Waals surface area contributed by atoms with Gasteiger partial charge in [0.1, 0.15) is 5.75 Å². The molecule has 1 unspecified atom stereocenters. The summed E-state index contributed by atoms with van der Waals surface area (Å²) >= 11 is 0. The average molecular weight is 332 g/mol. The second-order valence-electron chi connectivity index (χ2n) is 5.18. The second kappa shape index (κ2) is 6.86. The van der Waals surface area contributed by atoms with E-state index >= 15 is 0 Å². The van der Waals surface area contributed by atoms with Crippen LogP contribution in [0.1, 0.15) is 6.42 Å². The Labute approximate surface area is 129 Å². The van der Waals surface area contributed by atoms with Crippen molar-refractivity contribution >= 4 is 17.6 Å². The minimum Gasteiger partial charge on any atom is -0.481 e. The number of hydrogen-bond acceptors (Lipinski definition) is 4. The van der Waals surface area contributed by atoms with Crippen molar-refractivity contribution < 1.29 is 32.6 Å². The highest BCUT2D eigenvalue weighted by Crippen LogP contribution is 2.24. The van der Waals surface area contributed by atoms with Crippen LogP contribution in [0.3, 0.4) is 0 Å². The van der Waals surface area contributed by atoms with E-state index in [9.17, 15) is 22.8 Å². The summed E-state index contributed by atoms with van der Waals surface area (Å²) in [6.45, 7) is 0.856. The standard InChI is InChI=1S/C14H15F3N2O4/c15-14(16,17)23-11-3-1-10(2-4-11)18-12(20)8-19-6-5-9(7-19)13(21)22/h1-4,9H,5-8H2,(H,18,20)(H,21,22). The number of nitrogens with zero attached hydrogens (tertiary/aromatic N) is 1. The van der Waals surface area contributed by atoms with E-state index in [0.717, 1.165) is 12.1 Å². The normalized spacial score (nSPS) is 18.7. The van der Waals surface area contributed by atoms with Crippen molar-refractivity contribution in [1.29, 1.82) is 0 Å². The van der Waals surface area contributed by atoms with Gasteiger partial charge in [0.05, 0.1) is 12.5 Å². The van der Waals surface area contributed by atoms with Crippen LogP contribution in [0, 0.1) is 5.92 Å². The van der Waals surface area contributed by atoms with Crippen molar-refractivity contribution in [3.63, 3.8) is 0 Å². The van der Waals surface area contributed by atoms with Crippen molar-refractivity contribution in [3.8, 4) is 5.75 Å². The van der Waals surface area contributed by atoms with Gasteiger partial charge in [0.25, 0.3) is 0 Å². The van der Waals surface area contributed by atoms with Crippen LogP contribution in [0.2, 0.25) is 0 Å². The van der Waals surface area contributed by atoms with Gasteiger partial charge in [-0.2, -0.15) is 0 Å². The van der Waals surface area contributed by atoms with Crippen molar-refractivity contribution in [2.45, 2.75) is 12.8 Å². The highest BCUT2D eigenvalue weighted by Gasteiger charge is 2.31. The van der Waals surface area contributed by atoms with Gasteiger partial charge >= 0.3 is 12.3 Å². The Morgan fingerprint density at radius 2 is 1.96 bits per heavy atom. The second-order valence-corrected chi connectivity index (χ2v) is 5.18. The molecule has 1 aliphatic heterocycles. The molecule has 6 nitrogen and oxygen atoms in total. The Balaban J connectivity index is 1.83. The minimum absolute atomic E-state index is 0.0323. The van der Waals surface area contributed by atoms with Crippen molar-refractivity contribution in [3.05, 3.63) is 24.3 Å². The van der Waals surface area contributed by atoms with Crippen LogP contribution in [0.4, 0.5) is 18.9 Å². The molecule has 1 heterocycles. The fourth-order valence-corrected chi connectivity index (χ4v) is 2.32. The third kappa shape index (κ3) is 5.44. The molecule has 0 aliphatic carbocycles. The highest BCUT2D eigenvalue weighted by atomic mass is 19.4. The molecule has 1 saturated heterocycles.